The van der Waals surface area contributed by atoms with Crippen molar-refractivity contribution in [1.82, 2.24) is 4.57 Å². The van der Waals surface area contributed by atoms with Crippen molar-refractivity contribution in [2.45, 2.75) is 19.9 Å². The van der Waals surface area contributed by atoms with Crippen molar-refractivity contribution in [2.75, 3.05) is 0 Å². The van der Waals surface area contributed by atoms with Gasteiger partial charge in [0.05, 0.1) is 12.2 Å². The number of pyridine rings is 2. The molecule has 0 unspecified atom stereocenters. The van der Waals surface area contributed by atoms with Gasteiger partial charge in [-0.25, -0.2) is 0 Å². The molecule has 0 N–H and O–H groups in total. The first-order chi connectivity index (χ1) is 14.5. The van der Waals surface area contributed by atoms with Gasteiger partial charge in [-0.3, -0.25) is 14.2 Å². The van der Waals surface area contributed by atoms with Crippen molar-refractivity contribution in [3.05, 3.63) is 105 Å². The summed E-state index contributed by atoms with van der Waals surface area (Å²) >= 11 is 6.25. The summed E-state index contributed by atoms with van der Waals surface area (Å²) in [5.41, 5.74) is 2.16. The lowest BCUT2D eigenvalue weighted by molar-refractivity contribution is -0.605. The van der Waals surface area contributed by atoms with Gasteiger partial charge in [-0.2, -0.15) is 4.73 Å². The van der Waals surface area contributed by atoms with E-state index in [-0.39, 0.29) is 24.3 Å². The van der Waals surface area contributed by atoms with Crippen LogP contribution in [0.3, 0.4) is 0 Å². The topological polar surface area (TPSA) is 66.0 Å². The SMILES string of the molecule is CCC(=O)c1c(-c2ccccc2)c2cc(Cl)ccc2c(=O)n1Cc1ccc[n+]([O-])c1. The number of fused-ring (bicyclic) bond motifs is 1. The molecule has 4 aromatic rings. The quantitative estimate of drug-likeness (QED) is 0.270. The van der Waals surface area contributed by atoms with Gasteiger partial charge in [0.25, 0.3) is 5.56 Å². The monoisotopic (exact) mass is 418 g/mol. The lowest BCUT2D eigenvalue weighted by Crippen LogP contribution is -2.30. The molecule has 6 heteroatoms. The summed E-state index contributed by atoms with van der Waals surface area (Å²) in [4.78, 5) is 26.5. The fourth-order valence-electron chi connectivity index (χ4n) is 3.70. The van der Waals surface area contributed by atoms with Crippen molar-refractivity contribution in [3.8, 4) is 11.1 Å². The van der Waals surface area contributed by atoms with Gasteiger partial charge in [-0.15, -0.1) is 0 Å². The zero-order chi connectivity index (χ0) is 21.3. The number of ketones is 1. The lowest BCUT2D eigenvalue weighted by atomic mass is 9.94. The maximum Gasteiger partial charge on any atom is 0.259 e. The van der Waals surface area contributed by atoms with E-state index in [2.05, 4.69) is 0 Å². The first-order valence-electron chi connectivity index (χ1n) is 9.62. The molecule has 2 aromatic carbocycles. The van der Waals surface area contributed by atoms with E-state index < -0.39 is 0 Å². The molecule has 4 rings (SSSR count). The van der Waals surface area contributed by atoms with Crippen molar-refractivity contribution >= 4 is 28.2 Å². The highest BCUT2D eigenvalue weighted by molar-refractivity contribution is 6.31. The summed E-state index contributed by atoms with van der Waals surface area (Å²) < 4.78 is 2.15. The maximum atomic E-state index is 13.4. The van der Waals surface area contributed by atoms with Gasteiger partial charge in [-0.1, -0.05) is 48.9 Å². The van der Waals surface area contributed by atoms with Crippen LogP contribution in [0.2, 0.25) is 5.02 Å². The van der Waals surface area contributed by atoms with Crippen LogP contribution in [0.4, 0.5) is 0 Å². The summed E-state index contributed by atoms with van der Waals surface area (Å²) in [5.74, 6) is -0.154. The molecule has 2 aromatic heterocycles. The smallest absolute Gasteiger partial charge is 0.259 e. The van der Waals surface area contributed by atoms with Crippen LogP contribution < -0.4 is 10.3 Å². The summed E-state index contributed by atoms with van der Waals surface area (Å²) in [7, 11) is 0. The summed E-state index contributed by atoms with van der Waals surface area (Å²) in [6.45, 7) is 1.88. The molecule has 0 atom stereocenters. The molecule has 0 radical (unpaired) electrons. The van der Waals surface area contributed by atoms with E-state index in [1.807, 2.05) is 30.3 Å². The lowest BCUT2D eigenvalue weighted by Gasteiger charge is -2.19. The van der Waals surface area contributed by atoms with Crippen LogP contribution in [-0.2, 0) is 6.54 Å². The maximum absolute atomic E-state index is 13.4. The number of aromatic nitrogens is 2. The molecular weight excluding hydrogens is 400 g/mol. The van der Waals surface area contributed by atoms with Gasteiger partial charge in [0, 0.05) is 34.0 Å². The van der Waals surface area contributed by atoms with Gasteiger partial charge in [0.15, 0.2) is 18.2 Å². The second-order valence-electron chi connectivity index (χ2n) is 7.02. The van der Waals surface area contributed by atoms with Gasteiger partial charge in [0.1, 0.15) is 0 Å². The van der Waals surface area contributed by atoms with Crippen molar-refractivity contribution in [1.29, 1.82) is 0 Å². The molecule has 0 saturated carbocycles. The van der Waals surface area contributed by atoms with Gasteiger partial charge in [-0.05, 0) is 35.2 Å². The van der Waals surface area contributed by atoms with E-state index in [4.69, 9.17) is 11.6 Å². The summed E-state index contributed by atoms with van der Waals surface area (Å²) in [6, 6.07) is 17.9. The average molecular weight is 419 g/mol. The van der Waals surface area contributed by atoms with Gasteiger partial charge < -0.3 is 5.21 Å². The van der Waals surface area contributed by atoms with Gasteiger partial charge in [0.2, 0.25) is 0 Å². The standard InChI is InChI=1S/C24H19ClN2O3/c1-2-21(28)23-22(17-8-4-3-5-9-17)20-13-18(25)10-11-19(20)24(29)27(23)15-16-7-6-12-26(30)14-16/h3-14H,2,15H2,1H3. The number of carbonyl (C=O) groups excluding carboxylic acids is 1. The number of Topliss-reactive ketones (excluding diaryl/α,β-unsaturated/α-hetero) is 1. The van der Waals surface area contributed by atoms with Crippen LogP contribution >= 0.6 is 11.6 Å². The van der Waals surface area contributed by atoms with Crippen LogP contribution in [0.1, 0.15) is 29.4 Å². The van der Waals surface area contributed by atoms with E-state index >= 15 is 0 Å². The number of nitrogens with zero attached hydrogens (tertiary/aromatic N) is 2. The number of halogens is 1. The fourth-order valence-corrected chi connectivity index (χ4v) is 3.87. The molecule has 0 saturated heterocycles. The molecule has 30 heavy (non-hydrogen) atoms. The third kappa shape index (κ3) is 3.60. The summed E-state index contributed by atoms with van der Waals surface area (Å²) in [5, 5.41) is 13.3. The average Bonchev–Trinajstić information content (AvgIpc) is 2.75. The Morgan fingerprint density at radius 2 is 1.83 bits per heavy atom. The molecule has 2 heterocycles. The van der Waals surface area contributed by atoms with E-state index in [1.165, 1.54) is 17.0 Å². The Hall–Kier alpha value is -3.44. The zero-order valence-electron chi connectivity index (χ0n) is 16.3. The molecule has 5 nitrogen and oxygen atoms in total. The molecule has 0 spiro atoms. The minimum absolute atomic E-state index is 0.112. The molecular formula is C24H19ClN2O3. The van der Waals surface area contributed by atoms with Crippen LogP contribution in [0.5, 0.6) is 0 Å². The molecule has 0 amide bonds. The highest BCUT2D eigenvalue weighted by atomic mass is 35.5. The largest absolute Gasteiger partial charge is 0.619 e. The predicted octanol–water partition coefficient (Wildman–Crippen LogP) is 4.60. The number of benzene rings is 2. The number of rotatable bonds is 5. The Kier molecular flexibility index (Phi) is 5.38. The Labute approximate surface area is 178 Å². The number of hydrogen-bond acceptors (Lipinski definition) is 3. The second-order valence-corrected chi connectivity index (χ2v) is 7.46. The zero-order valence-corrected chi connectivity index (χ0v) is 17.1. The van der Waals surface area contributed by atoms with Crippen LogP contribution in [0, 0.1) is 5.21 Å². The molecule has 0 aliphatic rings. The molecule has 0 bridgehead atoms. The van der Waals surface area contributed by atoms with Crippen molar-refractivity contribution < 1.29 is 9.52 Å². The minimum Gasteiger partial charge on any atom is -0.619 e. The fraction of sp³-hybridized carbons (Fsp3) is 0.125. The number of carbonyl (C=O) groups is 1. The van der Waals surface area contributed by atoms with Crippen LogP contribution in [-0.4, -0.2) is 10.4 Å². The van der Waals surface area contributed by atoms with Gasteiger partial charge >= 0.3 is 0 Å². The van der Waals surface area contributed by atoms with Crippen LogP contribution in [0.15, 0.2) is 77.9 Å². The second kappa shape index (κ2) is 8.13. The number of hydrogen-bond donors (Lipinski definition) is 0. The predicted molar refractivity (Wildman–Crippen MR) is 118 cm³/mol. The Morgan fingerprint density at radius 1 is 1.07 bits per heavy atom. The van der Waals surface area contributed by atoms with E-state index in [9.17, 15) is 14.8 Å². The molecule has 0 aliphatic carbocycles. The van der Waals surface area contributed by atoms with Crippen LogP contribution in [0.25, 0.3) is 21.9 Å². The highest BCUT2D eigenvalue weighted by Crippen LogP contribution is 2.33. The summed E-state index contributed by atoms with van der Waals surface area (Å²) in [6.07, 6.45) is 3.02. The third-order valence-electron chi connectivity index (χ3n) is 5.06. The Bertz CT molecular complexity index is 1310. The third-order valence-corrected chi connectivity index (χ3v) is 5.29. The van der Waals surface area contributed by atoms with E-state index in [0.717, 1.165) is 5.56 Å². The Balaban J connectivity index is 2.13. The van der Waals surface area contributed by atoms with Crippen molar-refractivity contribution in [2.24, 2.45) is 0 Å². The Morgan fingerprint density at radius 3 is 2.53 bits per heavy atom. The molecule has 0 aliphatic heterocycles. The van der Waals surface area contributed by atoms with E-state index in [0.29, 0.717) is 37.3 Å². The normalized spacial score (nSPS) is 11.0. The van der Waals surface area contributed by atoms with E-state index in [1.54, 1.807) is 37.3 Å². The molecule has 0 fully saturated rings. The van der Waals surface area contributed by atoms with Crippen molar-refractivity contribution in [3.63, 3.8) is 0 Å². The highest BCUT2D eigenvalue weighted by Gasteiger charge is 2.23. The first-order valence-corrected chi connectivity index (χ1v) is 9.99. The first kappa shape index (κ1) is 19.9. The minimum atomic E-state index is -0.292. The molecule has 150 valence electrons.